The lowest BCUT2D eigenvalue weighted by Gasteiger charge is -1.98. The zero-order valence-corrected chi connectivity index (χ0v) is 9.22. The third-order valence-corrected chi connectivity index (χ3v) is 2.97. The van der Waals surface area contributed by atoms with Gasteiger partial charge in [-0.3, -0.25) is 0 Å². The van der Waals surface area contributed by atoms with Crippen LogP contribution in [0.4, 0.5) is 0 Å². The minimum Gasteiger partial charge on any atom is -0.351 e. The number of nitrogens with zero attached hydrogens (tertiary/aromatic N) is 1. The van der Waals surface area contributed by atoms with Crippen molar-refractivity contribution in [3.05, 3.63) is 60.8 Å². The molecule has 16 heavy (non-hydrogen) atoms. The summed E-state index contributed by atoms with van der Waals surface area (Å²) >= 11 is 0. The molecule has 0 aromatic carbocycles. The normalized spacial score (nSPS) is 10.8. The van der Waals surface area contributed by atoms with Crippen LogP contribution < -0.4 is 0 Å². The fourth-order valence-electron chi connectivity index (χ4n) is 2.12. The third-order valence-electron chi connectivity index (χ3n) is 2.97. The van der Waals surface area contributed by atoms with Gasteiger partial charge in [0, 0.05) is 18.9 Å². The Hall–Kier alpha value is -2.02. The van der Waals surface area contributed by atoms with E-state index in [0.717, 1.165) is 0 Å². The van der Waals surface area contributed by atoms with Gasteiger partial charge in [-0.2, -0.15) is 0 Å². The predicted octanol–water partition coefficient (Wildman–Crippen LogP) is 3.80. The molecule has 0 saturated carbocycles. The molecule has 0 bridgehead atoms. The standard InChI is InChI=1S/C15H13N/c1-16-9-5-8-15(16)14-10-12-6-3-2-4-7-13(12)11-14/h2-11H,1H3. The summed E-state index contributed by atoms with van der Waals surface area (Å²) in [6.07, 6.45) is 2.08. The summed E-state index contributed by atoms with van der Waals surface area (Å²) in [5.74, 6) is 0. The monoisotopic (exact) mass is 207 g/mol. The highest BCUT2D eigenvalue weighted by atomic mass is 14.9. The van der Waals surface area contributed by atoms with Crippen LogP contribution in [-0.4, -0.2) is 4.57 Å². The van der Waals surface area contributed by atoms with Crippen molar-refractivity contribution < 1.29 is 0 Å². The number of aryl methyl sites for hydroxylation is 1. The topological polar surface area (TPSA) is 4.93 Å². The predicted molar refractivity (Wildman–Crippen MR) is 67.5 cm³/mol. The molecule has 2 aliphatic rings. The van der Waals surface area contributed by atoms with Crippen molar-refractivity contribution in [3.63, 3.8) is 0 Å². The van der Waals surface area contributed by atoms with Gasteiger partial charge in [0.2, 0.25) is 0 Å². The summed E-state index contributed by atoms with van der Waals surface area (Å²) in [4.78, 5) is 0. The van der Waals surface area contributed by atoms with Crippen LogP contribution in [0.2, 0.25) is 0 Å². The van der Waals surface area contributed by atoms with Crippen LogP contribution in [0.15, 0.2) is 60.8 Å². The molecule has 1 heteroatoms. The van der Waals surface area contributed by atoms with E-state index in [9.17, 15) is 0 Å². The molecule has 0 N–H and O–H groups in total. The highest BCUT2D eigenvalue weighted by Gasteiger charge is 2.07. The maximum atomic E-state index is 2.24. The first kappa shape index (κ1) is 9.22. The lowest BCUT2D eigenvalue weighted by Crippen LogP contribution is -1.86. The molecule has 1 heterocycles. The largest absolute Gasteiger partial charge is 0.351 e. The Morgan fingerprint density at radius 3 is 2.00 bits per heavy atom. The first-order valence-electron chi connectivity index (χ1n) is 5.45. The van der Waals surface area contributed by atoms with Crippen LogP contribution >= 0.6 is 0 Å². The Morgan fingerprint density at radius 1 is 0.750 bits per heavy atom. The Balaban J connectivity index is 2.21. The van der Waals surface area contributed by atoms with Crippen molar-refractivity contribution in [2.45, 2.75) is 0 Å². The molecule has 0 spiro atoms. The van der Waals surface area contributed by atoms with Gasteiger partial charge in [-0.1, -0.05) is 30.3 Å². The Morgan fingerprint density at radius 2 is 1.44 bits per heavy atom. The van der Waals surface area contributed by atoms with Crippen LogP contribution in [0.1, 0.15) is 0 Å². The quantitative estimate of drug-likeness (QED) is 0.572. The molecule has 2 aliphatic carbocycles. The van der Waals surface area contributed by atoms with Crippen LogP contribution in [0, 0.1) is 0 Å². The van der Waals surface area contributed by atoms with Gasteiger partial charge >= 0.3 is 0 Å². The van der Waals surface area contributed by atoms with Gasteiger partial charge in [0.05, 0.1) is 0 Å². The molecule has 1 nitrogen and oxygen atoms in total. The molecule has 1 aromatic rings. The minimum absolute atomic E-state index is 1.26. The number of rotatable bonds is 1. The first-order chi connectivity index (χ1) is 7.84. The summed E-state index contributed by atoms with van der Waals surface area (Å²) in [5.41, 5.74) is 5.13. The number of hydrogen-bond acceptors (Lipinski definition) is 0. The van der Waals surface area contributed by atoms with Gasteiger partial charge in [-0.15, -0.1) is 0 Å². The summed E-state index contributed by atoms with van der Waals surface area (Å²) in [5, 5.41) is 0. The van der Waals surface area contributed by atoms with Crippen LogP contribution in [0.25, 0.3) is 22.4 Å². The van der Waals surface area contributed by atoms with E-state index in [1.807, 2.05) is 0 Å². The molecule has 1 aromatic heterocycles. The summed E-state index contributed by atoms with van der Waals surface area (Å²) < 4.78 is 2.15. The first-order valence-corrected chi connectivity index (χ1v) is 5.45. The fourth-order valence-corrected chi connectivity index (χ4v) is 2.12. The third kappa shape index (κ3) is 1.41. The molecule has 78 valence electrons. The van der Waals surface area contributed by atoms with Gasteiger partial charge in [0.15, 0.2) is 0 Å². The second kappa shape index (κ2) is 3.53. The van der Waals surface area contributed by atoms with Crippen LogP contribution in [-0.2, 0) is 7.05 Å². The molecule has 0 amide bonds. The minimum atomic E-state index is 1.26. The molecule has 0 unspecified atom stereocenters. The van der Waals surface area contributed by atoms with E-state index in [0.29, 0.717) is 0 Å². The van der Waals surface area contributed by atoms with Crippen molar-refractivity contribution >= 4 is 0 Å². The molecule has 0 atom stereocenters. The maximum Gasteiger partial charge on any atom is 0.0478 e. The molecule has 0 aliphatic heterocycles. The van der Waals surface area contributed by atoms with E-state index in [2.05, 4.69) is 72.4 Å². The van der Waals surface area contributed by atoms with Crippen LogP contribution in [0.5, 0.6) is 0 Å². The summed E-state index contributed by atoms with van der Waals surface area (Å²) in [6.45, 7) is 0. The van der Waals surface area contributed by atoms with Gasteiger partial charge in [-0.25, -0.2) is 0 Å². The highest BCUT2D eigenvalue weighted by molar-refractivity contribution is 5.78. The summed E-state index contributed by atoms with van der Waals surface area (Å²) in [6, 6.07) is 19.2. The van der Waals surface area contributed by atoms with Gasteiger partial charge in [-0.05, 0) is 41.0 Å². The van der Waals surface area contributed by atoms with Crippen LogP contribution in [0.3, 0.4) is 0 Å². The average Bonchev–Trinajstić information content (AvgIpc) is 2.80. The number of fused-ring (bicyclic) bond motifs is 1. The van der Waals surface area contributed by atoms with Crippen molar-refractivity contribution in [2.75, 3.05) is 0 Å². The molecular weight excluding hydrogens is 194 g/mol. The van der Waals surface area contributed by atoms with Gasteiger partial charge < -0.3 is 4.57 Å². The molecule has 0 saturated heterocycles. The smallest absolute Gasteiger partial charge is 0.0478 e. The van der Waals surface area contributed by atoms with E-state index in [1.165, 1.54) is 22.4 Å². The van der Waals surface area contributed by atoms with E-state index >= 15 is 0 Å². The maximum absolute atomic E-state index is 2.24. The van der Waals surface area contributed by atoms with Crippen molar-refractivity contribution in [2.24, 2.45) is 7.05 Å². The van der Waals surface area contributed by atoms with E-state index in [-0.39, 0.29) is 0 Å². The fraction of sp³-hybridized carbons (Fsp3) is 0.0667. The van der Waals surface area contributed by atoms with Crippen molar-refractivity contribution in [3.8, 4) is 22.4 Å². The lowest BCUT2D eigenvalue weighted by molar-refractivity contribution is 0.938. The lowest BCUT2D eigenvalue weighted by atomic mass is 10.2. The Bertz CT molecular complexity index is 561. The SMILES string of the molecule is Cn1cccc1-c1cc2cccccc-2c1. The summed E-state index contributed by atoms with van der Waals surface area (Å²) in [7, 11) is 2.08. The average molecular weight is 207 g/mol. The van der Waals surface area contributed by atoms with Gasteiger partial charge in [0.1, 0.15) is 0 Å². The number of aromatic nitrogens is 1. The van der Waals surface area contributed by atoms with Crippen molar-refractivity contribution in [1.82, 2.24) is 4.57 Å². The van der Waals surface area contributed by atoms with E-state index < -0.39 is 0 Å². The Labute approximate surface area is 95.3 Å². The van der Waals surface area contributed by atoms with E-state index in [4.69, 9.17) is 0 Å². The zero-order valence-electron chi connectivity index (χ0n) is 9.22. The second-order valence-corrected chi connectivity index (χ2v) is 4.07. The van der Waals surface area contributed by atoms with Gasteiger partial charge in [0.25, 0.3) is 0 Å². The molecule has 0 radical (unpaired) electrons. The molecule has 3 rings (SSSR count). The molecule has 0 fully saturated rings. The highest BCUT2D eigenvalue weighted by Crippen LogP contribution is 2.31. The molecular formula is C15H13N. The Kier molecular flexibility index (Phi) is 2.03. The van der Waals surface area contributed by atoms with E-state index in [1.54, 1.807) is 0 Å². The van der Waals surface area contributed by atoms with Crippen molar-refractivity contribution in [1.29, 1.82) is 0 Å². The number of hydrogen-bond donors (Lipinski definition) is 0. The zero-order chi connectivity index (χ0) is 11.0. The second-order valence-electron chi connectivity index (χ2n) is 4.07.